The van der Waals surface area contributed by atoms with Gasteiger partial charge in [-0.1, -0.05) is 6.07 Å². The number of rotatable bonds is 4. The number of carboxylic acid groups (broad SMARTS) is 1. The molecule has 3 N–H and O–H groups in total. The van der Waals surface area contributed by atoms with Crippen LogP contribution in [0.25, 0.3) is 0 Å². The van der Waals surface area contributed by atoms with Crippen molar-refractivity contribution in [1.82, 2.24) is 5.32 Å². The highest BCUT2D eigenvalue weighted by Gasteiger charge is 2.22. The fraction of sp³-hybridized carbons (Fsp3) is 0.273. The molecule has 98 valence electrons. The first-order valence-electron chi connectivity index (χ1n) is 4.98. The highest BCUT2D eigenvalue weighted by atomic mass is 19.2. The second-order valence-corrected chi connectivity index (χ2v) is 3.67. The van der Waals surface area contributed by atoms with Crippen LogP contribution in [0.15, 0.2) is 12.1 Å². The second-order valence-electron chi connectivity index (χ2n) is 3.67. The fourth-order valence-corrected chi connectivity index (χ4v) is 1.40. The fourth-order valence-electron chi connectivity index (χ4n) is 1.40. The summed E-state index contributed by atoms with van der Waals surface area (Å²) in [6.45, 7) is 1.11. The predicted molar refractivity (Wildman–Crippen MR) is 57.0 cm³/mol. The molecule has 0 saturated carbocycles. The standard InChI is InChI=1S/C11H11F2NO4/c1-5(15)14-7(11(17)18)4-6-2-3-8(16)10(13)9(6)12/h2-3,7,16H,4H2,1H3,(H,14,15)(H,17,18)/t7-/m1/s1. The first kappa shape index (κ1) is 13.9. The maximum Gasteiger partial charge on any atom is 0.326 e. The van der Waals surface area contributed by atoms with Gasteiger partial charge in [-0.2, -0.15) is 4.39 Å². The topological polar surface area (TPSA) is 86.6 Å². The molecule has 5 nitrogen and oxygen atoms in total. The molecule has 0 spiro atoms. The van der Waals surface area contributed by atoms with Crippen LogP contribution in [-0.2, 0) is 16.0 Å². The van der Waals surface area contributed by atoms with E-state index in [0.717, 1.165) is 19.1 Å². The monoisotopic (exact) mass is 259 g/mol. The van der Waals surface area contributed by atoms with Gasteiger partial charge in [0.2, 0.25) is 11.7 Å². The summed E-state index contributed by atoms with van der Waals surface area (Å²) in [4.78, 5) is 21.6. The lowest BCUT2D eigenvalue weighted by Gasteiger charge is -2.14. The summed E-state index contributed by atoms with van der Waals surface area (Å²) in [5.74, 6) is -5.59. The molecule has 0 aliphatic carbocycles. The van der Waals surface area contributed by atoms with Crippen molar-refractivity contribution in [3.05, 3.63) is 29.3 Å². The van der Waals surface area contributed by atoms with Gasteiger partial charge >= 0.3 is 5.97 Å². The molecule has 1 atom stereocenters. The summed E-state index contributed by atoms with van der Waals surface area (Å²) in [5, 5.41) is 19.8. The molecule has 0 fully saturated rings. The second kappa shape index (κ2) is 5.44. The Balaban J connectivity index is 2.98. The predicted octanol–water partition coefficient (Wildman–Crippen LogP) is 0.802. The van der Waals surface area contributed by atoms with Crippen molar-refractivity contribution >= 4 is 11.9 Å². The van der Waals surface area contributed by atoms with Gasteiger partial charge in [0, 0.05) is 13.3 Å². The number of aliphatic carboxylic acids is 1. The van der Waals surface area contributed by atoms with E-state index in [1.54, 1.807) is 0 Å². The number of amides is 1. The molecule has 0 aliphatic rings. The Morgan fingerprint density at radius 1 is 1.33 bits per heavy atom. The Kier molecular flexibility index (Phi) is 4.19. The van der Waals surface area contributed by atoms with E-state index >= 15 is 0 Å². The van der Waals surface area contributed by atoms with E-state index in [4.69, 9.17) is 10.2 Å². The Hall–Kier alpha value is -2.18. The number of carboxylic acids is 1. The van der Waals surface area contributed by atoms with E-state index in [-0.39, 0.29) is 5.56 Å². The van der Waals surface area contributed by atoms with Crippen LogP contribution in [0.3, 0.4) is 0 Å². The first-order chi connectivity index (χ1) is 8.32. The van der Waals surface area contributed by atoms with E-state index in [0.29, 0.717) is 0 Å². The van der Waals surface area contributed by atoms with Crippen molar-refractivity contribution in [2.24, 2.45) is 0 Å². The van der Waals surface area contributed by atoms with Gasteiger partial charge in [0.15, 0.2) is 11.6 Å². The van der Waals surface area contributed by atoms with Gasteiger partial charge in [-0.3, -0.25) is 4.79 Å². The highest BCUT2D eigenvalue weighted by molar-refractivity contribution is 5.82. The Labute approximate surface area is 101 Å². The van der Waals surface area contributed by atoms with Crippen molar-refractivity contribution in [2.75, 3.05) is 0 Å². The molecule has 7 heteroatoms. The van der Waals surface area contributed by atoms with Crippen molar-refractivity contribution in [2.45, 2.75) is 19.4 Å². The smallest absolute Gasteiger partial charge is 0.326 e. The largest absolute Gasteiger partial charge is 0.505 e. The summed E-state index contributed by atoms with van der Waals surface area (Å²) in [5.41, 5.74) is -0.244. The average Bonchev–Trinajstić information content (AvgIpc) is 2.28. The normalized spacial score (nSPS) is 11.9. The molecule has 0 unspecified atom stereocenters. The lowest BCUT2D eigenvalue weighted by molar-refractivity contribution is -0.141. The van der Waals surface area contributed by atoms with Gasteiger partial charge in [0.05, 0.1) is 0 Å². The van der Waals surface area contributed by atoms with Gasteiger partial charge in [-0.05, 0) is 11.6 Å². The third-order valence-electron chi connectivity index (χ3n) is 2.24. The van der Waals surface area contributed by atoms with Crippen LogP contribution >= 0.6 is 0 Å². The van der Waals surface area contributed by atoms with Crippen molar-refractivity contribution in [1.29, 1.82) is 0 Å². The maximum absolute atomic E-state index is 13.4. The lowest BCUT2D eigenvalue weighted by Crippen LogP contribution is -2.41. The number of aromatic hydroxyl groups is 1. The van der Waals surface area contributed by atoms with Gasteiger partial charge in [0.1, 0.15) is 6.04 Å². The van der Waals surface area contributed by atoms with Crippen LogP contribution in [-0.4, -0.2) is 28.1 Å². The average molecular weight is 259 g/mol. The van der Waals surface area contributed by atoms with E-state index in [1.165, 1.54) is 0 Å². The molecule has 1 aromatic rings. The van der Waals surface area contributed by atoms with Gasteiger partial charge in [-0.25, -0.2) is 9.18 Å². The zero-order valence-corrected chi connectivity index (χ0v) is 9.41. The number of hydrogen-bond acceptors (Lipinski definition) is 3. The summed E-state index contributed by atoms with van der Waals surface area (Å²) in [6.07, 6.45) is -0.419. The molecule has 0 heterocycles. The first-order valence-corrected chi connectivity index (χ1v) is 4.98. The number of phenolic OH excluding ortho intramolecular Hbond substituents is 1. The molecule has 1 aromatic carbocycles. The van der Waals surface area contributed by atoms with Crippen molar-refractivity contribution in [3.63, 3.8) is 0 Å². The van der Waals surface area contributed by atoms with E-state index < -0.39 is 41.7 Å². The van der Waals surface area contributed by atoms with E-state index in [1.807, 2.05) is 0 Å². The molecule has 1 amide bonds. The van der Waals surface area contributed by atoms with Crippen molar-refractivity contribution < 1.29 is 28.6 Å². The number of carbonyl (C=O) groups is 2. The molecule has 0 aliphatic heterocycles. The van der Waals surface area contributed by atoms with Crippen LogP contribution in [0, 0.1) is 11.6 Å². The Morgan fingerprint density at radius 3 is 2.44 bits per heavy atom. The number of phenols is 1. The maximum atomic E-state index is 13.4. The number of carbonyl (C=O) groups excluding carboxylic acids is 1. The summed E-state index contributed by atoms with van der Waals surface area (Å²) in [7, 11) is 0. The minimum atomic E-state index is -1.44. The zero-order chi connectivity index (χ0) is 13.9. The third-order valence-corrected chi connectivity index (χ3v) is 2.24. The van der Waals surface area contributed by atoms with Crippen LogP contribution in [0.2, 0.25) is 0 Å². The molecular formula is C11H11F2NO4. The Morgan fingerprint density at radius 2 is 1.94 bits per heavy atom. The minimum Gasteiger partial charge on any atom is -0.505 e. The minimum absolute atomic E-state index is 0.244. The van der Waals surface area contributed by atoms with Gasteiger partial charge in [0.25, 0.3) is 0 Å². The summed E-state index contributed by atoms with van der Waals surface area (Å²) in [6, 6.07) is 0.618. The summed E-state index contributed by atoms with van der Waals surface area (Å²) < 4.78 is 26.4. The van der Waals surface area contributed by atoms with Crippen LogP contribution in [0.4, 0.5) is 8.78 Å². The molecule has 0 bridgehead atoms. The number of benzene rings is 1. The molecule has 0 radical (unpaired) electrons. The Bertz CT molecular complexity index is 490. The third kappa shape index (κ3) is 3.16. The number of hydrogen-bond donors (Lipinski definition) is 3. The quantitative estimate of drug-likeness (QED) is 0.746. The van der Waals surface area contributed by atoms with E-state index in [2.05, 4.69) is 5.32 Å². The van der Waals surface area contributed by atoms with Gasteiger partial charge < -0.3 is 15.5 Å². The highest BCUT2D eigenvalue weighted by Crippen LogP contribution is 2.22. The van der Waals surface area contributed by atoms with Gasteiger partial charge in [-0.15, -0.1) is 0 Å². The van der Waals surface area contributed by atoms with Crippen LogP contribution in [0.5, 0.6) is 5.75 Å². The molecule has 1 rings (SSSR count). The number of nitrogens with one attached hydrogen (secondary N) is 1. The van der Waals surface area contributed by atoms with Crippen LogP contribution in [0.1, 0.15) is 12.5 Å². The SMILES string of the molecule is CC(=O)N[C@H](Cc1ccc(O)c(F)c1F)C(=O)O. The lowest BCUT2D eigenvalue weighted by atomic mass is 10.0. The molecule has 0 saturated heterocycles. The van der Waals surface area contributed by atoms with Crippen LogP contribution < -0.4 is 5.32 Å². The zero-order valence-electron chi connectivity index (χ0n) is 9.41. The molecular weight excluding hydrogens is 248 g/mol. The number of halogens is 2. The summed E-state index contributed by atoms with van der Waals surface area (Å²) >= 11 is 0. The molecule has 18 heavy (non-hydrogen) atoms. The van der Waals surface area contributed by atoms with Crippen molar-refractivity contribution in [3.8, 4) is 5.75 Å². The van der Waals surface area contributed by atoms with E-state index in [9.17, 15) is 18.4 Å². The molecule has 0 aromatic heterocycles.